The van der Waals surface area contributed by atoms with Gasteiger partial charge in [0.25, 0.3) is 5.91 Å². The Labute approximate surface area is 199 Å². The predicted molar refractivity (Wildman–Crippen MR) is 125 cm³/mol. The highest BCUT2D eigenvalue weighted by Gasteiger charge is 2.34. The van der Waals surface area contributed by atoms with Crippen LogP contribution in [-0.2, 0) is 15.7 Å². The van der Waals surface area contributed by atoms with Gasteiger partial charge in [-0.2, -0.15) is 13.2 Å². The van der Waals surface area contributed by atoms with Crippen molar-refractivity contribution in [2.24, 2.45) is 0 Å². The average Bonchev–Trinajstić information content (AvgIpc) is 3.39. The lowest BCUT2D eigenvalue weighted by Crippen LogP contribution is -2.36. The molecule has 0 bridgehead atoms. The van der Waals surface area contributed by atoms with Crippen LogP contribution in [0.15, 0.2) is 65.3 Å². The maximum atomic E-state index is 13.6. The van der Waals surface area contributed by atoms with Crippen molar-refractivity contribution in [3.05, 3.63) is 72.2 Å². The zero-order chi connectivity index (χ0) is 24.8. The fraction of sp³-hybridized carbons (Fsp3) is 0.250. The van der Waals surface area contributed by atoms with Gasteiger partial charge in [0, 0.05) is 35.8 Å². The maximum Gasteiger partial charge on any atom is 0.418 e. The van der Waals surface area contributed by atoms with Gasteiger partial charge in [0.05, 0.1) is 31.6 Å². The molecule has 2 aromatic carbocycles. The predicted octanol–water partition coefficient (Wildman–Crippen LogP) is 4.44. The molecule has 2 heterocycles. The Morgan fingerprint density at radius 3 is 2.31 bits per heavy atom. The highest BCUT2D eigenvalue weighted by Crippen LogP contribution is 2.36. The summed E-state index contributed by atoms with van der Waals surface area (Å²) in [6, 6.07) is 13.4. The summed E-state index contributed by atoms with van der Waals surface area (Å²) >= 11 is 0. The zero-order valence-electron chi connectivity index (χ0n) is 18.5. The molecular formula is C24H23F3N4O4. The van der Waals surface area contributed by atoms with Crippen LogP contribution < -0.4 is 20.9 Å². The lowest BCUT2D eigenvalue weighted by molar-refractivity contribution is -0.137. The normalized spacial score (nSPS) is 13.9. The Bertz CT molecular complexity index is 1160. The number of rotatable bonds is 7. The van der Waals surface area contributed by atoms with Gasteiger partial charge < -0.3 is 30.0 Å². The van der Waals surface area contributed by atoms with Crippen LogP contribution in [0.4, 0.5) is 35.9 Å². The number of carbonyl (C=O) groups is 2. The van der Waals surface area contributed by atoms with E-state index in [-0.39, 0.29) is 23.7 Å². The van der Waals surface area contributed by atoms with E-state index in [4.69, 9.17) is 9.15 Å². The number of alkyl halides is 3. The number of nitrogens with one attached hydrogen (secondary N) is 3. The minimum Gasteiger partial charge on any atom is -0.459 e. The third-order valence-corrected chi connectivity index (χ3v) is 5.29. The van der Waals surface area contributed by atoms with Crippen LogP contribution in [0.3, 0.4) is 0 Å². The van der Waals surface area contributed by atoms with Crippen molar-refractivity contribution in [1.29, 1.82) is 0 Å². The van der Waals surface area contributed by atoms with Crippen LogP contribution in [0.5, 0.6) is 0 Å². The summed E-state index contributed by atoms with van der Waals surface area (Å²) in [5.74, 6) is -1.22. The largest absolute Gasteiger partial charge is 0.459 e. The number of halogens is 3. The average molecular weight is 488 g/mol. The fourth-order valence-corrected chi connectivity index (χ4v) is 3.57. The lowest BCUT2D eigenvalue weighted by atomic mass is 10.1. The highest BCUT2D eigenvalue weighted by molar-refractivity contribution is 6.02. The van der Waals surface area contributed by atoms with E-state index in [0.717, 1.165) is 30.9 Å². The van der Waals surface area contributed by atoms with Crippen LogP contribution >= 0.6 is 0 Å². The Morgan fingerprint density at radius 1 is 0.943 bits per heavy atom. The summed E-state index contributed by atoms with van der Waals surface area (Å²) in [7, 11) is 0. The molecule has 2 amide bonds. The van der Waals surface area contributed by atoms with E-state index in [1.807, 2.05) is 12.1 Å². The number of benzene rings is 2. The van der Waals surface area contributed by atoms with Gasteiger partial charge in [-0.1, -0.05) is 0 Å². The molecule has 1 aliphatic rings. The molecule has 184 valence electrons. The van der Waals surface area contributed by atoms with Crippen molar-refractivity contribution >= 4 is 34.6 Å². The summed E-state index contributed by atoms with van der Waals surface area (Å²) in [4.78, 5) is 26.5. The van der Waals surface area contributed by atoms with E-state index in [2.05, 4.69) is 20.9 Å². The van der Waals surface area contributed by atoms with Crippen LogP contribution in [-0.4, -0.2) is 44.7 Å². The zero-order valence-corrected chi connectivity index (χ0v) is 18.5. The molecule has 35 heavy (non-hydrogen) atoms. The number of hydrogen-bond donors (Lipinski definition) is 3. The van der Waals surface area contributed by atoms with Crippen LogP contribution in [0.1, 0.15) is 16.1 Å². The molecule has 8 nitrogen and oxygen atoms in total. The molecule has 0 unspecified atom stereocenters. The molecule has 0 saturated carbocycles. The third kappa shape index (κ3) is 6.33. The van der Waals surface area contributed by atoms with Crippen LogP contribution in [0.2, 0.25) is 0 Å². The number of amides is 2. The second-order valence-corrected chi connectivity index (χ2v) is 7.74. The Balaban J connectivity index is 1.37. The van der Waals surface area contributed by atoms with Gasteiger partial charge in [-0.05, 0) is 54.6 Å². The second-order valence-electron chi connectivity index (χ2n) is 7.74. The smallest absolute Gasteiger partial charge is 0.418 e. The highest BCUT2D eigenvalue weighted by atomic mass is 19.4. The van der Waals surface area contributed by atoms with Gasteiger partial charge in [0.1, 0.15) is 0 Å². The van der Waals surface area contributed by atoms with E-state index >= 15 is 0 Å². The Kier molecular flexibility index (Phi) is 7.25. The number of nitrogens with zero attached hydrogens (tertiary/aromatic N) is 1. The quantitative estimate of drug-likeness (QED) is 0.455. The summed E-state index contributed by atoms with van der Waals surface area (Å²) in [6.45, 7) is 2.49. The lowest BCUT2D eigenvalue weighted by Gasteiger charge is -2.28. The molecule has 0 spiro atoms. The van der Waals surface area contributed by atoms with Crippen LogP contribution in [0, 0.1) is 0 Å². The van der Waals surface area contributed by atoms with Gasteiger partial charge >= 0.3 is 6.18 Å². The maximum absolute atomic E-state index is 13.6. The summed E-state index contributed by atoms with van der Waals surface area (Å²) in [5, 5.41) is 7.55. The first-order valence-corrected chi connectivity index (χ1v) is 10.8. The summed E-state index contributed by atoms with van der Waals surface area (Å²) in [5.41, 5.74) is 0.164. The standard InChI is InChI=1S/C24H23F3N4O4/c25-24(26,27)19-14-17(30-23(33)21-2-1-11-35-21)5-8-20(19)28-15-22(32)29-16-3-6-18(7-4-16)31-9-12-34-13-10-31/h1-8,11,14,28H,9-10,12-13,15H2,(H,29,32)(H,30,33). The van der Waals surface area contributed by atoms with E-state index in [9.17, 15) is 22.8 Å². The number of ether oxygens (including phenoxy) is 1. The molecule has 4 rings (SSSR count). The third-order valence-electron chi connectivity index (χ3n) is 5.29. The number of carbonyl (C=O) groups excluding carboxylic acids is 2. The minimum atomic E-state index is -4.71. The minimum absolute atomic E-state index is 0.0320. The van der Waals surface area contributed by atoms with Gasteiger partial charge in [-0.15, -0.1) is 0 Å². The molecule has 11 heteroatoms. The number of anilines is 4. The molecule has 1 fully saturated rings. The number of hydrogen-bond acceptors (Lipinski definition) is 6. The first-order valence-electron chi connectivity index (χ1n) is 10.8. The Morgan fingerprint density at radius 2 is 1.66 bits per heavy atom. The van der Waals surface area contributed by atoms with Gasteiger partial charge in [0.2, 0.25) is 5.91 Å². The first-order chi connectivity index (χ1) is 16.8. The van der Waals surface area contributed by atoms with Crippen molar-refractivity contribution in [2.45, 2.75) is 6.18 Å². The van der Waals surface area contributed by atoms with Crippen molar-refractivity contribution in [3.63, 3.8) is 0 Å². The first kappa shape index (κ1) is 24.1. The van der Waals surface area contributed by atoms with Gasteiger partial charge in [-0.25, -0.2) is 0 Å². The van der Waals surface area contributed by atoms with Crippen molar-refractivity contribution in [2.75, 3.05) is 53.7 Å². The van der Waals surface area contributed by atoms with E-state index in [1.165, 1.54) is 24.5 Å². The molecule has 1 aliphatic heterocycles. The second kappa shape index (κ2) is 10.5. The molecule has 0 atom stereocenters. The van der Waals surface area contributed by atoms with E-state index in [0.29, 0.717) is 18.9 Å². The molecule has 0 aliphatic carbocycles. The van der Waals surface area contributed by atoms with Crippen molar-refractivity contribution in [3.8, 4) is 0 Å². The van der Waals surface area contributed by atoms with Gasteiger partial charge in [0.15, 0.2) is 5.76 Å². The molecule has 1 saturated heterocycles. The monoisotopic (exact) mass is 488 g/mol. The van der Waals surface area contributed by atoms with E-state index in [1.54, 1.807) is 12.1 Å². The number of morpholine rings is 1. The fourth-order valence-electron chi connectivity index (χ4n) is 3.57. The molecule has 0 radical (unpaired) electrons. The SMILES string of the molecule is O=C(CNc1ccc(NC(=O)c2ccco2)cc1C(F)(F)F)Nc1ccc(N2CCOCC2)cc1. The number of furan rings is 1. The van der Waals surface area contributed by atoms with Crippen molar-refractivity contribution < 1.29 is 31.9 Å². The Hall–Kier alpha value is -3.99. The molecular weight excluding hydrogens is 465 g/mol. The molecule has 1 aromatic heterocycles. The summed E-state index contributed by atoms with van der Waals surface area (Å²) < 4.78 is 51.1. The van der Waals surface area contributed by atoms with Crippen molar-refractivity contribution in [1.82, 2.24) is 0 Å². The van der Waals surface area contributed by atoms with Gasteiger partial charge in [-0.3, -0.25) is 9.59 Å². The molecule has 3 N–H and O–H groups in total. The topological polar surface area (TPSA) is 95.8 Å². The van der Waals surface area contributed by atoms with Crippen LogP contribution in [0.25, 0.3) is 0 Å². The van der Waals surface area contributed by atoms with E-state index < -0.39 is 23.6 Å². The summed E-state index contributed by atoms with van der Waals surface area (Å²) in [6.07, 6.45) is -3.42. The molecule has 3 aromatic rings.